The number of fused-ring (bicyclic) bond motifs is 1. The fraction of sp³-hybridized carbons (Fsp3) is 0.375. The third kappa shape index (κ3) is 2.95. The fourth-order valence-electron chi connectivity index (χ4n) is 2.96. The molecule has 2 aromatic rings. The smallest absolute Gasteiger partial charge is 0.308 e. The zero-order valence-electron chi connectivity index (χ0n) is 11.8. The van der Waals surface area contributed by atoms with Gasteiger partial charge in [-0.25, -0.2) is 0 Å². The van der Waals surface area contributed by atoms with E-state index in [2.05, 4.69) is 10.3 Å². The lowest BCUT2D eigenvalue weighted by Crippen LogP contribution is -2.19. The van der Waals surface area contributed by atoms with Crippen molar-refractivity contribution in [2.75, 3.05) is 12.4 Å². The molecule has 21 heavy (non-hydrogen) atoms. The van der Waals surface area contributed by atoms with Gasteiger partial charge < -0.3 is 10.1 Å². The lowest BCUT2D eigenvalue weighted by Gasteiger charge is -2.16. The Morgan fingerprint density at radius 1 is 1.38 bits per heavy atom. The minimum atomic E-state index is -0.106. The second-order valence-electron chi connectivity index (χ2n) is 5.39. The number of hydrogen-bond donors (Lipinski definition) is 1. The maximum absolute atomic E-state index is 11.6. The average molecular weight is 305 g/mol. The summed E-state index contributed by atoms with van der Waals surface area (Å²) in [6.07, 6.45) is 4.42. The number of esters is 1. The summed E-state index contributed by atoms with van der Waals surface area (Å²) in [4.78, 5) is 15.9. The van der Waals surface area contributed by atoms with Crippen molar-refractivity contribution in [1.82, 2.24) is 4.98 Å². The molecule has 1 aliphatic rings. The van der Waals surface area contributed by atoms with Crippen molar-refractivity contribution in [3.63, 3.8) is 0 Å². The maximum atomic E-state index is 11.6. The van der Waals surface area contributed by atoms with Crippen LogP contribution < -0.4 is 5.32 Å². The highest BCUT2D eigenvalue weighted by atomic mass is 35.5. The quantitative estimate of drug-likeness (QED) is 0.880. The second kappa shape index (κ2) is 5.90. The third-order valence-electron chi connectivity index (χ3n) is 4.03. The summed E-state index contributed by atoms with van der Waals surface area (Å²) in [5.41, 5.74) is 1.90. The molecule has 4 nitrogen and oxygen atoms in total. The predicted octanol–water partition coefficient (Wildman–Crippen LogP) is 3.64. The number of aromatic nitrogens is 1. The van der Waals surface area contributed by atoms with Crippen molar-refractivity contribution in [2.24, 2.45) is 5.92 Å². The third-order valence-corrected chi connectivity index (χ3v) is 4.27. The molecular formula is C16H17ClN2O2. The number of nitrogens with one attached hydrogen (secondary N) is 1. The lowest BCUT2D eigenvalue weighted by molar-refractivity contribution is -0.145. The van der Waals surface area contributed by atoms with Crippen molar-refractivity contribution in [2.45, 2.75) is 25.3 Å². The van der Waals surface area contributed by atoms with E-state index < -0.39 is 0 Å². The van der Waals surface area contributed by atoms with Gasteiger partial charge in [0.2, 0.25) is 0 Å². The van der Waals surface area contributed by atoms with Crippen LogP contribution in [0.4, 0.5) is 5.69 Å². The van der Waals surface area contributed by atoms with Gasteiger partial charge in [0.25, 0.3) is 0 Å². The van der Waals surface area contributed by atoms with Crippen LogP contribution in [0.1, 0.15) is 19.3 Å². The molecule has 1 fully saturated rings. The topological polar surface area (TPSA) is 51.2 Å². The molecule has 5 heteroatoms. The minimum Gasteiger partial charge on any atom is -0.469 e. The van der Waals surface area contributed by atoms with Gasteiger partial charge in [0, 0.05) is 28.3 Å². The van der Waals surface area contributed by atoms with E-state index in [4.69, 9.17) is 16.3 Å². The van der Waals surface area contributed by atoms with Crippen LogP contribution in [0, 0.1) is 5.92 Å². The summed E-state index contributed by atoms with van der Waals surface area (Å²) >= 11 is 6.00. The normalized spacial score (nSPS) is 21.4. The summed E-state index contributed by atoms with van der Waals surface area (Å²) < 4.78 is 4.82. The number of methoxy groups -OCH3 is 1. The number of nitrogens with zero attached hydrogens (tertiary/aromatic N) is 1. The number of benzene rings is 1. The molecule has 1 heterocycles. The van der Waals surface area contributed by atoms with Crippen LogP contribution in [0.5, 0.6) is 0 Å². The molecule has 0 aliphatic heterocycles. The van der Waals surface area contributed by atoms with Crippen molar-refractivity contribution >= 4 is 34.2 Å². The van der Waals surface area contributed by atoms with E-state index in [-0.39, 0.29) is 17.9 Å². The molecule has 2 atom stereocenters. The Balaban J connectivity index is 1.78. The molecule has 1 aromatic heterocycles. The summed E-state index contributed by atoms with van der Waals surface area (Å²) in [6.45, 7) is 0. The fourth-order valence-corrected chi connectivity index (χ4v) is 3.13. The zero-order chi connectivity index (χ0) is 14.8. The van der Waals surface area contributed by atoms with Crippen LogP contribution in [-0.2, 0) is 9.53 Å². The van der Waals surface area contributed by atoms with Crippen LogP contribution >= 0.6 is 11.6 Å². The first-order chi connectivity index (χ1) is 10.2. The molecule has 0 amide bonds. The molecule has 0 unspecified atom stereocenters. The van der Waals surface area contributed by atoms with Crippen molar-refractivity contribution in [3.8, 4) is 0 Å². The van der Waals surface area contributed by atoms with E-state index in [0.717, 1.165) is 35.9 Å². The lowest BCUT2D eigenvalue weighted by atomic mass is 10.1. The highest BCUT2D eigenvalue weighted by Gasteiger charge is 2.30. The van der Waals surface area contributed by atoms with E-state index >= 15 is 0 Å². The number of pyridine rings is 1. The van der Waals surface area contributed by atoms with Gasteiger partial charge in [-0.1, -0.05) is 11.6 Å². The highest BCUT2D eigenvalue weighted by molar-refractivity contribution is 6.31. The van der Waals surface area contributed by atoms with Gasteiger partial charge in [0.15, 0.2) is 0 Å². The largest absolute Gasteiger partial charge is 0.469 e. The van der Waals surface area contributed by atoms with Crippen LogP contribution in [0.25, 0.3) is 10.9 Å². The van der Waals surface area contributed by atoms with Crippen molar-refractivity contribution < 1.29 is 9.53 Å². The van der Waals surface area contributed by atoms with Crippen molar-refractivity contribution in [1.29, 1.82) is 0 Å². The summed E-state index contributed by atoms with van der Waals surface area (Å²) in [7, 11) is 1.45. The Bertz CT molecular complexity index is 674. The molecule has 0 spiro atoms. The summed E-state index contributed by atoms with van der Waals surface area (Å²) in [6, 6.07) is 7.94. The number of carbonyl (C=O) groups excluding carboxylic acids is 1. The number of anilines is 1. The number of hydrogen-bond acceptors (Lipinski definition) is 4. The standard InChI is InChI=1S/C16H17ClN2O2/c1-21-16(20)10-2-4-12(8-10)19-14-6-7-18-15-9-11(17)3-5-13(14)15/h3,5-7,9-10,12H,2,4,8H2,1H3,(H,18,19)/t10-,12+/m0/s1. The number of halogens is 1. The number of rotatable bonds is 3. The Labute approximate surface area is 128 Å². The molecule has 1 N–H and O–H groups in total. The highest BCUT2D eigenvalue weighted by Crippen LogP contribution is 2.31. The second-order valence-corrected chi connectivity index (χ2v) is 5.83. The number of ether oxygens (including phenoxy) is 1. The van der Waals surface area contributed by atoms with E-state index in [0.29, 0.717) is 5.02 Å². The molecular weight excluding hydrogens is 288 g/mol. The van der Waals surface area contributed by atoms with Gasteiger partial charge in [0.1, 0.15) is 0 Å². The molecule has 0 saturated heterocycles. The van der Waals surface area contributed by atoms with Crippen LogP contribution in [0.3, 0.4) is 0 Å². The zero-order valence-corrected chi connectivity index (χ0v) is 12.6. The molecule has 0 radical (unpaired) electrons. The number of carbonyl (C=O) groups is 1. The van der Waals surface area contributed by atoms with Gasteiger partial charge in [-0.05, 0) is 43.5 Å². The maximum Gasteiger partial charge on any atom is 0.308 e. The molecule has 3 rings (SSSR count). The summed E-state index contributed by atoms with van der Waals surface area (Å²) in [5, 5.41) is 5.25. The van der Waals surface area contributed by atoms with E-state index in [1.165, 1.54) is 7.11 Å². The predicted molar refractivity (Wildman–Crippen MR) is 83.5 cm³/mol. The van der Waals surface area contributed by atoms with E-state index in [1.807, 2.05) is 24.3 Å². The van der Waals surface area contributed by atoms with Crippen molar-refractivity contribution in [3.05, 3.63) is 35.5 Å². The molecule has 1 saturated carbocycles. The van der Waals surface area contributed by atoms with Crippen LogP contribution in [0.15, 0.2) is 30.5 Å². The SMILES string of the molecule is COC(=O)[C@H]1CC[C@@H](Nc2ccnc3cc(Cl)ccc23)C1. The molecule has 1 aliphatic carbocycles. The Kier molecular flexibility index (Phi) is 3.97. The van der Waals surface area contributed by atoms with Gasteiger partial charge in [-0.3, -0.25) is 9.78 Å². The first-order valence-corrected chi connectivity index (χ1v) is 7.44. The van der Waals surface area contributed by atoms with E-state index in [9.17, 15) is 4.79 Å². The van der Waals surface area contributed by atoms with Gasteiger partial charge in [-0.2, -0.15) is 0 Å². The first-order valence-electron chi connectivity index (χ1n) is 7.06. The average Bonchev–Trinajstić information content (AvgIpc) is 2.95. The van der Waals surface area contributed by atoms with Gasteiger partial charge >= 0.3 is 5.97 Å². The van der Waals surface area contributed by atoms with Crippen LogP contribution in [-0.4, -0.2) is 24.1 Å². The monoisotopic (exact) mass is 304 g/mol. The van der Waals surface area contributed by atoms with E-state index in [1.54, 1.807) is 6.20 Å². The molecule has 110 valence electrons. The van der Waals surface area contributed by atoms with Crippen LogP contribution in [0.2, 0.25) is 5.02 Å². The Hall–Kier alpha value is -1.81. The molecule has 0 bridgehead atoms. The summed E-state index contributed by atoms with van der Waals surface area (Å²) in [5.74, 6) is -0.0966. The Morgan fingerprint density at radius 3 is 3.05 bits per heavy atom. The minimum absolute atomic E-state index is 0.00930. The first kappa shape index (κ1) is 14.1. The van der Waals surface area contributed by atoms with Gasteiger partial charge in [0.05, 0.1) is 18.5 Å². The molecule has 1 aromatic carbocycles. The Morgan fingerprint density at radius 2 is 2.24 bits per heavy atom. The van der Waals surface area contributed by atoms with Gasteiger partial charge in [-0.15, -0.1) is 0 Å².